The van der Waals surface area contributed by atoms with Gasteiger partial charge in [0.15, 0.2) is 0 Å². The number of hydrogen-bond donors (Lipinski definition) is 0. The lowest BCUT2D eigenvalue weighted by atomic mass is 10.0. The SMILES string of the molecule is CCC/C(=N\N1C(=O)[C@@H]2CCCCN2C1=O)c1ccccc1. The van der Waals surface area contributed by atoms with E-state index in [0.29, 0.717) is 6.54 Å². The minimum absolute atomic E-state index is 0.172. The zero-order valence-electron chi connectivity index (χ0n) is 12.9. The number of fused-ring (bicyclic) bond motifs is 1. The zero-order valence-corrected chi connectivity index (χ0v) is 12.9. The number of carbonyl (C=O) groups excluding carboxylic acids is 2. The molecule has 3 rings (SSSR count). The van der Waals surface area contributed by atoms with Crippen molar-refractivity contribution in [3.63, 3.8) is 0 Å². The number of rotatable bonds is 4. The molecule has 0 spiro atoms. The average Bonchev–Trinajstić information content (AvgIpc) is 2.80. The molecule has 0 N–H and O–H groups in total. The standard InChI is InChI=1S/C17H21N3O2/c1-2-8-14(13-9-4-3-5-10-13)18-20-16(21)15-11-6-7-12-19(15)17(20)22/h3-5,9-10,15H,2,6-8,11-12H2,1H3/b18-14+/t15-/m0/s1. The van der Waals surface area contributed by atoms with Crippen molar-refractivity contribution in [2.75, 3.05) is 6.54 Å². The fourth-order valence-electron chi connectivity index (χ4n) is 3.11. The Bertz CT molecular complexity index is 573. The molecule has 2 fully saturated rings. The van der Waals surface area contributed by atoms with Crippen LogP contribution in [-0.4, -0.2) is 40.1 Å². The monoisotopic (exact) mass is 299 g/mol. The molecule has 0 saturated carbocycles. The van der Waals surface area contributed by atoms with Crippen molar-refractivity contribution in [2.45, 2.75) is 45.1 Å². The van der Waals surface area contributed by atoms with E-state index in [9.17, 15) is 9.59 Å². The van der Waals surface area contributed by atoms with Crippen LogP contribution < -0.4 is 0 Å². The molecule has 1 atom stereocenters. The van der Waals surface area contributed by atoms with Crippen molar-refractivity contribution in [2.24, 2.45) is 5.10 Å². The van der Waals surface area contributed by atoms with Crippen molar-refractivity contribution in [3.05, 3.63) is 35.9 Å². The van der Waals surface area contributed by atoms with Crippen LogP contribution in [0.3, 0.4) is 0 Å². The number of imide groups is 1. The van der Waals surface area contributed by atoms with Gasteiger partial charge in [-0.1, -0.05) is 43.7 Å². The van der Waals surface area contributed by atoms with Crippen molar-refractivity contribution in [1.82, 2.24) is 9.91 Å². The first-order chi connectivity index (χ1) is 10.7. The Labute approximate surface area is 130 Å². The summed E-state index contributed by atoms with van der Waals surface area (Å²) in [4.78, 5) is 26.6. The van der Waals surface area contributed by atoms with E-state index in [2.05, 4.69) is 12.0 Å². The first-order valence-corrected chi connectivity index (χ1v) is 8.00. The molecule has 0 aliphatic carbocycles. The molecule has 5 nitrogen and oxygen atoms in total. The van der Waals surface area contributed by atoms with Crippen molar-refractivity contribution >= 4 is 17.6 Å². The molecule has 2 saturated heterocycles. The number of hydrogen-bond acceptors (Lipinski definition) is 3. The van der Waals surface area contributed by atoms with Crippen LogP contribution in [0.15, 0.2) is 35.4 Å². The summed E-state index contributed by atoms with van der Waals surface area (Å²) >= 11 is 0. The van der Waals surface area contributed by atoms with Gasteiger partial charge in [-0.3, -0.25) is 4.79 Å². The van der Waals surface area contributed by atoms with E-state index >= 15 is 0 Å². The van der Waals surface area contributed by atoms with E-state index in [4.69, 9.17) is 0 Å². The first-order valence-electron chi connectivity index (χ1n) is 8.00. The summed E-state index contributed by atoms with van der Waals surface area (Å²) in [5.74, 6) is -0.172. The predicted octanol–water partition coefficient (Wildman–Crippen LogP) is 3.01. The van der Waals surface area contributed by atoms with Crippen LogP contribution in [0.25, 0.3) is 0 Å². The minimum atomic E-state index is -0.302. The van der Waals surface area contributed by atoms with Gasteiger partial charge in [-0.05, 0) is 31.2 Å². The highest BCUT2D eigenvalue weighted by Crippen LogP contribution is 2.27. The normalized spacial score (nSPS) is 22.2. The second kappa shape index (κ2) is 6.30. The number of carbonyl (C=O) groups is 2. The molecular weight excluding hydrogens is 278 g/mol. The van der Waals surface area contributed by atoms with E-state index in [1.807, 2.05) is 30.3 Å². The fourth-order valence-corrected chi connectivity index (χ4v) is 3.11. The summed E-state index contributed by atoms with van der Waals surface area (Å²) in [6.07, 6.45) is 4.37. The van der Waals surface area contributed by atoms with E-state index < -0.39 is 0 Å². The van der Waals surface area contributed by atoms with Gasteiger partial charge in [0, 0.05) is 6.54 Å². The lowest BCUT2D eigenvalue weighted by Gasteiger charge is -2.25. The molecule has 116 valence electrons. The molecule has 1 aromatic rings. The summed E-state index contributed by atoms with van der Waals surface area (Å²) in [6.45, 7) is 2.73. The third-order valence-corrected chi connectivity index (χ3v) is 4.24. The minimum Gasteiger partial charge on any atom is -0.311 e. The number of hydrazone groups is 1. The van der Waals surface area contributed by atoms with Crippen LogP contribution in [0.5, 0.6) is 0 Å². The second-order valence-electron chi connectivity index (χ2n) is 5.80. The maximum absolute atomic E-state index is 12.5. The lowest BCUT2D eigenvalue weighted by molar-refractivity contribution is -0.128. The van der Waals surface area contributed by atoms with E-state index in [1.165, 1.54) is 0 Å². The molecule has 5 heteroatoms. The van der Waals surface area contributed by atoms with Crippen molar-refractivity contribution < 1.29 is 9.59 Å². The first kappa shape index (κ1) is 14.8. The van der Waals surface area contributed by atoms with E-state index in [-0.39, 0.29) is 18.0 Å². The van der Waals surface area contributed by atoms with Gasteiger partial charge < -0.3 is 4.90 Å². The Morgan fingerprint density at radius 2 is 2.00 bits per heavy atom. The molecule has 3 amide bonds. The summed E-state index contributed by atoms with van der Waals surface area (Å²) in [5.41, 5.74) is 1.76. The molecule has 22 heavy (non-hydrogen) atoms. The van der Waals surface area contributed by atoms with E-state index in [0.717, 1.165) is 48.4 Å². The summed E-state index contributed by atoms with van der Waals surface area (Å²) in [6, 6.07) is 9.19. The van der Waals surface area contributed by atoms with Gasteiger partial charge in [0.25, 0.3) is 5.91 Å². The Hall–Kier alpha value is -2.17. The van der Waals surface area contributed by atoms with Gasteiger partial charge in [-0.15, -0.1) is 5.01 Å². The Balaban J connectivity index is 1.91. The van der Waals surface area contributed by atoms with Crippen LogP contribution in [0.4, 0.5) is 4.79 Å². The van der Waals surface area contributed by atoms with Gasteiger partial charge in [0.1, 0.15) is 6.04 Å². The maximum Gasteiger partial charge on any atom is 0.348 e. The molecule has 0 bridgehead atoms. The third kappa shape index (κ3) is 2.63. The maximum atomic E-state index is 12.5. The summed E-state index contributed by atoms with van der Waals surface area (Å²) in [7, 11) is 0. The summed E-state index contributed by atoms with van der Waals surface area (Å²) < 4.78 is 0. The molecule has 0 radical (unpaired) electrons. The predicted molar refractivity (Wildman–Crippen MR) is 84.5 cm³/mol. The smallest absolute Gasteiger partial charge is 0.311 e. The van der Waals surface area contributed by atoms with Gasteiger partial charge in [-0.2, -0.15) is 5.10 Å². The molecule has 0 aromatic heterocycles. The molecule has 0 unspecified atom stereocenters. The molecule has 1 aromatic carbocycles. The van der Waals surface area contributed by atoms with Gasteiger partial charge in [0.2, 0.25) is 0 Å². The number of amides is 3. The van der Waals surface area contributed by atoms with Gasteiger partial charge >= 0.3 is 6.03 Å². The largest absolute Gasteiger partial charge is 0.348 e. The van der Waals surface area contributed by atoms with Gasteiger partial charge in [-0.25, -0.2) is 4.79 Å². The number of benzene rings is 1. The third-order valence-electron chi connectivity index (χ3n) is 4.24. The number of nitrogens with zero attached hydrogens (tertiary/aromatic N) is 3. The highest BCUT2D eigenvalue weighted by molar-refractivity contribution is 6.07. The van der Waals surface area contributed by atoms with Crippen LogP contribution >= 0.6 is 0 Å². The quantitative estimate of drug-likeness (QED) is 0.634. The molecule has 2 aliphatic rings. The average molecular weight is 299 g/mol. The Kier molecular flexibility index (Phi) is 4.22. The van der Waals surface area contributed by atoms with Crippen LogP contribution in [0.2, 0.25) is 0 Å². The number of piperidine rings is 1. The highest BCUT2D eigenvalue weighted by atomic mass is 16.2. The number of urea groups is 1. The van der Waals surface area contributed by atoms with Gasteiger partial charge in [0.05, 0.1) is 5.71 Å². The Morgan fingerprint density at radius 3 is 2.68 bits per heavy atom. The highest BCUT2D eigenvalue weighted by Gasteiger charge is 2.46. The molecule has 2 aliphatic heterocycles. The lowest BCUT2D eigenvalue weighted by Crippen LogP contribution is -2.38. The Morgan fingerprint density at radius 1 is 1.23 bits per heavy atom. The second-order valence-corrected chi connectivity index (χ2v) is 5.80. The molecular formula is C17H21N3O2. The van der Waals surface area contributed by atoms with Crippen LogP contribution in [0.1, 0.15) is 44.6 Å². The van der Waals surface area contributed by atoms with Crippen molar-refractivity contribution in [1.29, 1.82) is 0 Å². The molecule has 2 heterocycles. The summed E-state index contributed by atoms with van der Waals surface area (Å²) in [5, 5.41) is 5.52. The van der Waals surface area contributed by atoms with Crippen LogP contribution in [-0.2, 0) is 4.79 Å². The fraction of sp³-hybridized carbons (Fsp3) is 0.471. The zero-order chi connectivity index (χ0) is 15.5. The topological polar surface area (TPSA) is 53.0 Å². The van der Waals surface area contributed by atoms with Crippen molar-refractivity contribution in [3.8, 4) is 0 Å². The van der Waals surface area contributed by atoms with Crippen LogP contribution in [0, 0.1) is 0 Å². The van der Waals surface area contributed by atoms with E-state index in [1.54, 1.807) is 4.90 Å².